The van der Waals surface area contributed by atoms with Gasteiger partial charge >= 0.3 is 6.09 Å². The van der Waals surface area contributed by atoms with E-state index < -0.39 is 23.8 Å². The summed E-state index contributed by atoms with van der Waals surface area (Å²) in [5, 5.41) is 12.7. The molecular weight excluding hydrogens is 320 g/mol. The van der Waals surface area contributed by atoms with E-state index in [4.69, 9.17) is 4.74 Å². The van der Waals surface area contributed by atoms with Gasteiger partial charge in [0.25, 0.3) is 0 Å². The minimum absolute atomic E-state index is 0.137. The second-order valence-corrected chi connectivity index (χ2v) is 7.46. The van der Waals surface area contributed by atoms with Crippen molar-refractivity contribution in [1.29, 1.82) is 0 Å². The molecule has 25 heavy (non-hydrogen) atoms. The number of rotatable bonds is 3. The normalized spacial score (nSPS) is 22.1. The van der Waals surface area contributed by atoms with Crippen LogP contribution in [0.1, 0.15) is 45.6 Å². The average Bonchev–Trinajstić information content (AvgIpc) is 2.53. The lowest BCUT2D eigenvalue weighted by Gasteiger charge is -2.32. The number of aliphatic hydroxyl groups excluding tert-OH is 1. The summed E-state index contributed by atoms with van der Waals surface area (Å²) in [6.45, 7) is 6.24. The Labute approximate surface area is 149 Å². The van der Waals surface area contributed by atoms with Crippen LogP contribution in [-0.4, -0.2) is 46.3 Å². The van der Waals surface area contributed by atoms with Crippen LogP contribution >= 0.6 is 0 Å². The molecule has 6 heteroatoms. The summed E-state index contributed by atoms with van der Waals surface area (Å²) in [5.41, 5.74) is 0.389. The third kappa shape index (κ3) is 6.38. The Morgan fingerprint density at radius 1 is 1.24 bits per heavy atom. The molecule has 0 saturated carbocycles. The number of likely N-dealkylation sites (tertiary alicyclic amines) is 1. The van der Waals surface area contributed by atoms with Crippen molar-refractivity contribution in [2.45, 2.75) is 64.3 Å². The first-order valence-corrected chi connectivity index (χ1v) is 8.75. The van der Waals surface area contributed by atoms with Crippen LogP contribution in [0.15, 0.2) is 30.3 Å². The predicted molar refractivity (Wildman–Crippen MR) is 94.9 cm³/mol. The zero-order chi connectivity index (χ0) is 18.4. The van der Waals surface area contributed by atoms with Crippen molar-refractivity contribution in [3.63, 3.8) is 0 Å². The van der Waals surface area contributed by atoms with Crippen LogP contribution in [0.5, 0.6) is 0 Å². The van der Waals surface area contributed by atoms with Gasteiger partial charge in [0.1, 0.15) is 11.6 Å². The molecule has 1 aliphatic rings. The maximum absolute atomic E-state index is 12.9. The van der Waals surface area contributed by atoms with E-state index in [2.05, 4.69) is 5.32 Å². The molecule has 6 nitrogen and oxygen atoms in total. The molecule has 1 aromatic carbocycles. The van der Waals surface area contributed by atoms with Gasteiger partial charge in [0.2, 0.25) is 5.91 Å². The van der Waals surface area contributed by atoms with Crippen molar-refractivity contribution in [2.24, 2.45) is 0 Å². The van der Waals surface area contributed by atoms with Crippen LogP contribution in [0, 0.1) is 0 Å². The van der Waals surface area contributed by atoms with Crippen LogP contribution in [-0.2, 0) is 16.1 Å². The van der Waals surface area contributed by atoms with E-state index in [0.29, 0.717) is 32.4 Å². The number of carbonyl (C=O) groups is 2. The summed E-state index contributed by atoms with van der Waals surface area (Å²) in [7, 11) is 0. The molecule has 0 bridgehead atoms. The SMILES string of the molecule is CC(C)(C)OC(=O)N[C@H]1CC[C@@H](O)CCN(Cc2ccccc2)C1=O. The fraction of sp³-hybridized carbons (Fsp3) is 0.579. The van der Waals surface area contributed by atoms with Gasteiger partial charge in [-0.15, -0.1) is 0 Å². The Bertz CT molecular complexity index is 583. The summed E-state index contributed by atoms with van der Waals surface area (Å²) >= 11 is 0. The van der Waals surface area contributed by atoms with Crippen LogP contribution in [0.4, 0.5) is 4.79 Å². The van der Waals surface area contributed by atoms with Crippen LogP contribution < -0.4 is 5.32 Å². The highest BCUT2D eigenvalue weighted by atomic mass is 16.6. The second kappa shape index (κ2) is 8.34. The maximum Gasteiger partial charge on any atom is 0.408 e. The second-order valence-electron chi connectivity index (χ2n) is 7.46. The van der Waals surface area contributed by atoms with E-state index in [1.807, 2.05) is 30.3 Å². The molecule has 0 aliphatic carbocycles. The highest BCUT2D eigenvalue weighted by Crippen LogP contribution is 2.17. The predicted octanol–water partition coefficient (Wildman–Crippen LogP) is 2.45. The Kier molecular flexibility index (Phi) is 6.42. The molecule has 0 aromatic heterocycles. The molecule has 1 aromatic rings. The lowest BCUT2D eigenvalue weighted by molar-refractivity contribution is -0.135. The van der Waals surface area contributed by atoms with Crippen LogP contribution in [0.3, 0.4) is 0 Å². The smallest absolute Gasteiger partial charge is 0.408 e. The third-order valence-electron chi connectivity index (χ3n) is 4.04. The molecule has 2 amide bonds. The molecule has 0 spiro atoms. The zero-order valence-corrected chi connectivity index (χ0v) is 15.2. The van der Waals surface area contributed by atoms with Crippen molar-refractivity contribution in [3.05, 3.63) is 35.9 Å². The number of hydrogen-bond donors (Lipinski definition) is 2. The first-order valence-electron chi connectivity index (χ1n) is 8.75. The number of amides is 2. The quantitative estimate of drug-likeness (QED) is 0.879. The number of benzene rings is 1. The summed E-state index contributed by atoms with van der Waals surface area (Å²) in [4.78, 5) is 26.6. The first kappa shape index (κ1) is 19.2. The number of ether oxygens (including phenoxy) is 1. The van der Waals surface area contributed by atoms with Gasteiger partial charge in [0.15, 0.2) is 0 Å². The summed E-state index contributed by atoms with van der Waals surface area (Å²) < 4.78 is 5.26. The third-order valence-corrected chi connectivity index (χ3v) is 4.04. The van der Waals surface area contributed by atoms with E-state index in [9.17, 15) is 14.7 Å². The van der Waals surface area contributed by atoms with Crippen molar-refractivity contribution in [2.75, 3.05) is 6.54 Å². The standard InChI is InChI=1S/C19H28N2O4/c1-19(2,3)25-18(24)20-16-10-9-15(22)11-12-21(17(16)23)13-14-7-5-4-6-8-14/h4-8,15-16,22H,9-13H2,1-3H3,(H,20,24)/t15-,16+/m1/s1. The summed E-state index contributed by atoms with van der Waals surface area (Å²) in [6, 6.07) is 9.01. The number of carbonyl (C=O) groups excluding carboxylic acids is 2. The Morgan fingerprint density at radius 3 is 2.56 bits per heavy atom. The van der Waals surface area contributed by atoms with Gasteiger partial charge in [0.05, 0.1) is 6.10 Å². The maximum atomic E-state index is 12.9. The van der Waals surface area contributed by atoms with Gasteiger partial charge < -0.3 is 20.1 Å². The van der Waals surface area contributed by atoms with Crippen molar-refractivity contribution >= 4 is 12.0 Å². The fourth-order valence-corrected chi connectivity index (χ4v) is 2.81. The Morgan fingerprint density at radius 2 is 1.92 bits per heavy atom. The monoisotopic (exact) mass is 348 g/mol. The molecule has 1 saturated heterocycles. The molecule has 2 atom stereocenters. The average molecular weight is 348 g/mol. The van der Waals surface area contributed by atoms with Gasteiger partial charge in [-0.05, 0) is 45.6 Å². The van der Waals surface area contributed by atoms with Crippen molar-refractivity contribution in [3.8, 4) is 0 Å². The number of nitrogens with zero attached hydrogens (tertiary/aromatic N) is 1. The lowest BCUT2D eigenvalue weighted by atomic mass is 10.0. The fourth-order valence-electron chi connectivity index (χ4n) is 2.81. The molecule has 0 radical (unpaired) electrons. The number of hydrogen-bond acceptors (Lipinski definition) is 4. The minimum Gasteiger partial charge on any atom is -0.444 e. The van der Waals surface area contributed by atoms with Crippen LogP contribution in [0.2, 0.25) is 0 Å². The molecular formula is C19H28N2O4. The minimum atomic E-state index is -0.687. The van der Waals surface area contributed by atoms with Gasteiger partial charge in [-0.25, -0.2) is 4.79 Å². The van der Waals surface area contributed by atoms with Gasteiger partial charge in [-0.1, -0.05) is 30.3 Å². The van der Waals surface area contributed by atoms with Crippen LogP contribution in [0.25, 0.3) is 0 Å². The zero-order valence-electron chi connectivity index (χ0n) is 15.2. The van der Waals surface area contributed by atoms with Gasteiger partial charge in [-0.2, -0.15) is 0 Å². The van der Waals surface area contributed by atoms with E-state index in [0.717, 1.165) is 5.56 Å². The molecule has 1 fully saturated rings. The topological polar surface area (TPSA) is 78.9 Å². The van der Waals surface area contributed by atoms with Crippen molar-refractivity contribution < 1.29 is 19.4 Å². The number of nitrogens with one attached hydrogen (secondary N) is 1. The molecule has 2 N–H and O–H groups in total. The number of aliphatic hydroxyl groups is 1. The van der Waals surface area contributed by atoms with E-state index in [1.165, 1.54) is 0 Å². The van der Waals surface area contributed by atoms with E-state index in [-0.39, 0.29) is 5.91 Å². The number of alkyl carbamates (subject to hydrolysis) is 1. The molecule has 2 rings (SSSR count). The van der Waals surface area contributed by atoms with Crippen molar-refractivity contribution in [1.82, 2.24) is 10.2 Å². The summed E-state index contributed by atoms with van der Waals surface area (Å²) in [5.74, 6) is -0.137. The highest BCUT2D eigenvalue weighted by molar-refractivity contribution is 5.85. The lowest BCUT2D eigenvalue weighted by Crippen LogP contribution is -2.51. The van der Waals surface area contributed by atoms with E-state index >= 15 is 0 Å². The largest absolute Gasteiger partial charge is 0.444 e. The molecule has 1 aliphatic heterocycles. The molecule has 1 heterocycles. The first-order chi connectivity index (χ1) is 11.7. The summed E-state index contributed by atoms with van der Waals surface area (Å²) in [6.07, 6.45) is 0.322. The Hall–Kier alpha value is -2.08. The van der Waals surface area contributed by atoms with Gasteiger partial charge in [0, 0.05) is 13.1 Å². The van der Waals surface area contributed by atoms with Gasteiger partial charge in [-0.3, -0.25) is 4.79 Å². The molecule has 0 unspecified atom stereocenters. The Balaban J connectivity index is 2.08. The van der Waals surface area contributed by atoms with E-state index in [1.54, 1.807) is 25.7 Å². The highest BCUT2D eigenvalue weighted by Gasteiger charge is 2.30. The molecule has 138 valence electrons.